The van der Waals surface area contributed by atoms with E-state index in [9.17, 15) is 15.0 Å². The molecule has 1 aliphatic carbocycles. The topological polar surface area (TPSA) is 60.8 Å². The van der Waals surface area contributed by atoms with E-state index in [4.69, 9.17) is 0 Å². The number of aliphatic hydroxyl groups is 1. The summed E-state index contributed by atoms with van der Waals surface area (Å²) < 4.78 is 0. The van der Waals surface area contributed by atoms with Crippen LogP contribution in [-0.2, 0) is 6.42 Å². The largest absolute Gasteiger partial charge is 0.478 e. The van der Waals surface area contributed by atoms with Crippen molar-refractivity contribution in [3.63, 3.8) is 0 Å². The number of benzene rings is 1. The zero-order chi connectivity index (χ0) is 16.2. The molecular formula is C19H27NO3. The third-order valence-electron chi connectivity index (χ3n) is 5.65. The average molecular weight is 317 g/mol. The van der Waals surface area contributed by atoms with E-state index in [2.05, 4.69) is 4.90 Å². The van der Waals surface area contributed by atoms with Gasteiger partial charge in [-0.2, -0.15) is 0 Å². The molecule has 0 bridgehead atoms. The van der Waals surface area contributed by atoms with Crippen molar-refractivity contribution in [2.24, 2.45) is 11.8 Å². The van der Waals surface area contributed by atoms with E-state index in [1.807, 2.05) is 12.1 Å². The van der Waals surface area contributed by atoms with Crippen LogP contribution in [0, 0.1) is 11.8 Å². The molecule has 0 aromatic heterocycles. The van der Waals surface area contributed by atoms with Gasteiger partial charge in [-0.1, -0.05) is 43.9 Å². The minimum Gasteiger partial charge on any atom is -0.478 e. The first-order chi connectivity index (χ1) is 11.1. The maximum absolute atomic E-state index is 11.3. The summed E-state index contributed by atoms with van der Waals surface area (Å²) in [6.07, 6.45) is 6.59. The van der Waals surface area contributed by atoms with E-state index in [-0.39, 0.29) is 6.10 Å². The molecule has 1 heterocycles. The lowest BCUT2D eigenvalue weighted by molar-refractivity contribution is 0.000396. The molecule has 1 aromatic carbocycles. The Bertz CT molecular complexity index is 539. The number of likely N-dealkylation sites (tertiary alicyclic amines) is 1. The van der Waals surface area contributed by atoms with E-state index < -0.39 is 5.97 Å². The van der Waals surface area contributed by atoms with Crippen LogP contribution in [0.2, 0.25) is 0 Å². The zero-order valence-electron chi connectivity index (χ0n) is 13.7. The second-order valence-electron chi connectivity index (χ2n) is 7.08. The lowest BCUT2D eigenvalue weighted by Crippen LogP contribution is -2.46. The molecule has 1 saturated heterocycles. The Morgan fingerprint density at radius 2 is 1.91 bits per heavy atom. The number of carboxylic acid groups (broad SMARTS) is 1. The molecule has 126 valence electrons. The van der Waals surface area contributed by atoms with E-state index >= 15 is 0 Å². The summed E-state index contributed by atoms with van der Waals surface area (Å²) >= 11 is 0. The van der Waals surface area contributed by atoms with E-state index in [1.54, 1.807) is 12.1 Å². The molecule has 3 rings (SSSR count). The fourth-order valence-electron chi connectivity index (χ4n) is 4.32. The molecule has 2 fully saturated rings. The van der Waals surface area contributed by atoms with Crippen molar-refractivity contribution >= 4 is 5.97 Å². The lowest BCUT2D eigenvalue weighted by Gasteiger charge is -2.39. The van der Waals surface area contributed by atoms with Crippen molar-refractivity contribution in [3.05, 3.63) is 35.4 Å². The number of aliphatic hydroxyl groups excluding tert-OH is 1. The van der Waals surface area contributed by atoms with Crippen molar-refractivity contribution in [1.29, 1.82) is 0 Å². The van der Waals surface area contributed by atoms with Gasteiger partial charge in [0.1, 0.15) is 0 Å². The predicted octanol–water partition coefficient (Wildman–Crippen LogP) is 2.80. The van der Waals surface area contributed by atoms with Gasteiger partial charge in [-0.15, -0.1) is 0 Å². The molecule has 2 atom stereocenters. The summed E-state index contributed by atoms with van der Waals surface area (Å²) in [6, 6.07) is 7.28. The first-order valence-electron chi connectivity index (χ1n) is 8.87. The smallest absolute Gasteiger partial charge is 0.335 e. The van der Waals surface area contributed by atoms with Crippen LogP contribution in [0.4, 0.5) is 0 Å². The number of hydrogen-bond donors (Lipinski definition) is 2. The number of rotatable bonds is 5. The Hall–Kier alpha value is -1.39. The molecule has 0 radical (unpaired) electrons. The highest BCUT2D eigenvalue weighted by Crippen LogP contribution is 2.36. The summed E-state index contributed by atoms with van der Waals surface area (Å²) in [7, 11) is 0. The Kier molecular flexibility index (Phi) is 5.34. The quantitative estimate of drug-likeness (QED) is 0.877. The number of aromatic carboxylic acids is 1. The van der Waals surface area contributed by atoms with Crippen molar-refractivity contribution in [3.8, 4) is 0 Å². The molecule has 1 saturated carbocycles. The van der Waals surface area contributed by atoms with Gasteiger partial charge in [0.05, 0.1) is 11.7 Å². The minimum atomic E-state index is -0.849. The third kappa shape index (κ3) is 3.93. The van der Waals surface area contributed by atoms with Crippen LogP contribution in [0.1, 0.15) is 48.0 Å². The van der Waals surface area contributed by atoms with Gasteiger partial charge in [0.25, 0.3) is 0 Å². The lowest BCUT2D eigenvalue weighted by atomic mass is 9.82. The maximum Gasteiger partial charge on any atom is 0.335 e. The Balaban J connectivity index is 1.59. The Morgan fingerprint density at radius 1 is 1.17 bits per heavy atom. The number of hydrogen-bond acceptors (Lipinski definition) is 3. The monoisotopic (exact) mass is 317 g/mol. The molecule has 0 spiro atoms. The summed E-state index contributed by atoms with van der Waals surface area (Å²) in [4.78, 5) is 13.7. The zero-order valence-corrected chi connectivity index (χ0v) is 13.7. The van der Waals surface area contributed by atoms with E-state index in [0.29, 0.717) is 17.4 Å². The molecule has 0 unspecified atom stereocenters. The van der Waals surface area contributed by atoms with Gasteiger partial charge in [-0.25, -0.2) is 4.79 Å². The van der Waals surface area contributed by atoms with Crippen LogP contribution in [0.15, 0.2) is 24.3 Å². The van der Waals surface area contributed by atoms with Gasteiger partial charge in [0.15, 0.2) is 0 Å². The number of piperidine rings is 1. The molecule has 0 amide bonds. The highest BCUT2D eigenvalue weighted by molar-refractivity contribution is 5.89. The van der Waals surface area contributed by atoms with Crippen LogP contribution in [0.5, 0.6) is 0 Å². The Morgan fingerprint density at radius 3 is 2.65 bits per heavy atom. The second kappa shape index (κ2) is 7.45. The minimum absolute atomic E-state index is 0.152. The Labute approximate surface area is 138 Å². The first-order valence-corrected chi connectivity index (χ1v) is 8.87. The summed E-state index contributed by atoms with van der Waals surface area (Å²) in [5.74, 6) is 0.235. The van der Waals surface area contributed by atoms with Crippen molar-refractivity contribution in [1.82, 2.24) is 4.90 Å². The van der Waals surface area contributed by atoms with Crippen molar-refractivity contribution < 1.29 is 15.0 Å². The highest BCUT2D eigenvalue weighted by Gasteiger charge is 2.34. The van der Waals surface area contributed by atoms with Crippen LogP contribution in [-0.4, -0.2) is 46.8 Å². The molecular weight excluding hydrogens is 290 g/mol. The summed E-state index contributed by atoms with van der Waals surface area (Å²) in [5.41, 5.74) is 1.32. The molecule has 4 heteroatoms. The summed E-state index contributed by atoms with van der Waals surface area (Å²) in [6.45, 7) is 2.75. The van der Waals surface area contributed by atoms with Gasteiger partial charge in [0.2, 0.25) is 0 Å². The molecule has 2 N–H and O–H groups in total. The van der Waals surface area contributed by atoms with Gasteiger partial charge in [0, 0.05) is 25.6 Å². The van der Waals surface area contributed by atoms with Crippen molar-refractivity contribution in [2.75, 3.05) is 19.6 Å². The van der Waals surface area contributed by atoms with Gasteiger partial charge in [-0.3, -0.25) is 0 Å². The highest BCUT2D eigenvalue weighted by atomic mass is 16.4. The van der Waals surface area contributed by atoms with Gasteiger partial charge in [-0.05, 0) is 30.4 Å². The van der Waals surface area contributed by atoms with Crippen LogP contribution in [0.3, 0.4) is 0 Å². The molecule has 1 aliphatic heterocycles. The first kappa shape index (κ1) is 16.5. The molecule has 2 aliphatic rings. The molecule has 1 aromatic rings. The second-order valence-corrected chi connectivity index (χ2v) is 7.08. The average Bonchev–Trinajstić information content (AvgIpc) is 3.08. The van der Waals surface area contributed by atoms with Crippen molar-refractivity contribution in [2.45, 2.75) is 44.6 Å². The standard InChI is InChI=1S/C19H27NO3/c21-18-10-12-20(13-17(18)14-5-1-2-6-14)11-9-15-7-3-4-8-16(15)19(22)23/h3-4,7-8,14,17-18,21H,1-2,5-6,9-13H2,(H,22,23)/t17-,18+/m1/s1. The predicted molar refractivity (Wildman–Crippen MR) is 89.6 cm³/mol. The fourth-order valence-corrected chi connectivity index (χ4v) is 4.32. The molecule has 4 nitrogen and oxygen atoms in total. The number of carboxylic acids is 1. The fraction of sp³-hybridized carbons (Fsp3) is 0.632. The van der Waals surface area contributed by atoms with Gasteiger partial charge >= 0.3 is 5.97 Å². The van der Waals surface area contributed by atoms with Crippen LogP contribution < -0.4 is 0 Å². The van der Waals surface area contributed by atoms with Crippen LogP contribution in [0.25, 0.3) is 0 Å². The normalized spacial score (nSPS) is 26.5. The SMILES string of the molecule is O=C(O)c1ccccc1CCN1CC[C@H](O)[C@@H](C2CCCC2)C1. The summed E-state index contributed by atoms with van der Waals surface area (Å²) in [5, 5.41) is 19.6. The van der Waals surface area contributed by atoms with E-state index in [1.165, 1.54) is 25.7 Å². The van der Waals surface area contributed by atoms with Gasteiger partial charge < -0.3 is 15.1 Å². The maximum atomic E-state index is 11.3. The van der Waals surface area contributed by atoms with Crippen LogP contribution >= 0.6 is 0 Å². The molecule has 23 heavy (non-hydrogen) atoms. The third-order valence-corrected chi connectivity index (χ3v) is 5.65. The number of carbonyl (C=O) groups is 1. The van der Waals surface area contributed by atoms with E-state index in [0.717, 1.165) is 38.0 Å². The number of nitrogens with zero attached hydrogens (tertiary/aromatic N) is 1.